The molecule has 4 aliphatic carbocycles. The molecule has 5 atom stereocenters. The van der Waals surface area contributed by atoms with E-state index in [4.69, 9.17) is 9.47 Å². The predicted octanol–water partition coefficient (Wildman–Crippen LogP) is 7.39. The summed E-state index contributed by atoms with van der Waals surface area (Å²) in [7, 11) is 0. The lowest BCUT2D eigenvalue weighted by Crippen LogP contribution is -2.52. The molecule has 1 saturated heterocycles. The summed E-state index contributed by atoms with van der Waals surface area (Å²) in [6.07, 6.45) is 11.7. The van der Waals surface area contributed by atoms with E-state index in [0.29, 0.717) is 48.3 Å². The Kier molecular flexibility index (Phi) is 8.71. The third-order valence-electron chi connectivity index (χ3n) is 11.3. The van der Waals surface area contributed by atoms with Crippen LogP contribution >= 0.6 is 0 Å². The van der Waals surface area contributed by atoms with Crippen LogP contribution in [0.5, 0.6) is 5.75 Å². The zero-order chi connectivity index (χ0) is 32.7. The molecule has 0 unspecified atom stereocenters. The van der Waals surface area contributed by atoms with Crippen LogP contribution in [0.2, 0.25) is 0 Å². The Morgan fingerprint density at radius 2 is 1.79 bits per heavy atom. The number of fused-ring (bicyclic) bond motifs is 1. The molecule has 7 nitrogen and oxygen atoms in total. The van der Waals surface area contributed by atoms with Gasteiger partial charge in [0.1, 0.15) is 17.3 Å². The van der Waals surface area contributed by atoms with Crippen LogP contribution in [0.1, 0.15) is 76.7 Å². The van der Waals surface area contributed by atoms with Gasteiger partial charge in [0.25, 0.3) is 0 Å². The Morgan fingerprint density at radius 1 is 0.957 bits per heavy atom. The molecule has 3 N–H and O–H groups in total. The average Bonchev–Trinajstić information content (AvgIpc) is 3.58. The number of carbonyl (C=O) groups is 2. The van der Waals surface area contributed by atoms with Gasteiger partial charge in [-0.2, -0.15) is 0 Å². The summed E-state index contributed by atoms with van der Waals surface area (Å²) in [5.41, 5.74) is 5.27. The largest absolute Gasteiger partial charge is 0.508 e. The maximum Gasteiger partial charge on any atom is 0.340 e. The summed E-state index contributed by atoms with van der Waals surface area (Å²) in [4.78, 5) is 28.1. The van der Waals surface area contributed by atoms with Gasteiger partial charge in [-0.25, -0.2) is 9.59 Å². The van der Waals surface area contributed by atoms with E-state index in [1.54, 1.807) is 12.1 Å². The maximum atomic E-state index is 14.1. The zero-order valence-corrected chi connectivity index (χ0v) is 27.0. The van der Waals surface area contributed by atoms with Crippen LogP contribution in [0.4, 0.5) is 0 Å². The number of benzene rings is 2. The van der Waals surface area contributed by atoms with Crippen LogP contribution < -0.4 is 0 Å². The second-order valence-electron chi connectivity index (χ2n) is 13.8. The number of aliphatic hydroxyl groups is 2. The van der Waals surface area contributed by atoms with Crippen molar-refractivity contribution in [3.8, 4) is 16.9 Å². The fraction of sp³-hybridized carbons (Fsp3) is 0.450. The normalized spacial score (nSPS) is 28.4. The first-order valence-electron chi connectivity index (χ1n) is 17.4. The zero-order valence-electron chi connectivity index (χ0n) is 27.0. The van der Waals surface area contributed by atoms with Crippen molar-refractivity contribution < 1.29 is 34.4 Å². The first-order chi connectivity index (χ1) is 22.9. The number of allylic oxidation sites excluding steroid dienone is 5. The van der Waals surface area contributed by atoms with Crippen LogP contribution in [0.25, 0.3) is 16.7 Å². The van der Waals surface area contributed by atoms with Crippen LogP contribution in [0.3, 0.4) is 0 Å². The number of esters is 2. The Bertz CT molecular complexity index is 1700. The second-order valence-corrected chi connectivity index (χ2v) is 13.8. The number of cyclic esters (lactones) is 2. The molecule has 2 aromatic rings. The monoisotopic (exact) mass is 636 g/mol. The molecule has 2 bridgehead atoms. The average molecular weight is 637 g/mol. The number of carbonyl (C=O) groups excluding carboxylic acids is 2. The molecule has 7 heteroatoms. The summed E-state index contributed by atoms with van der Waals surface area (Å²) in [5, 5.41) is 29.9. The summed E-state index contributed by atoms with van der Waals surface area (Å²) in [6, 6.07) is 15.5. The lowest BCUT2D eigenvalue weighted by atomic mass is 9.44. The molecule has 0 radical (unpaired) electrons. The molecular formula is C40H44O7. The third kappa shape index (κ3) is 5.19. The van der Waals surface area contributed by atoms with Crippen LogP contribution in [-0.4, -0.2) is 40.5 Å². The van der Waals surface area contributed by atoms with Crippen LogP contribution in [-0.2, 0) is 19.1 Å². The van der Waals surface area contributed by atoms with Crippen molar-refractivity contribution in [2.45, 2.75) is 71.1 Å². The van der Waals surface area contributed by atoms with E-state index in [0.717, 1.165) is 66.4 Å². The molecule has 1 saturated carbocycles. The number of aliphatic hydroxyl groups excluding tert-OH is 2. The van der Waals surface area contributed by atoms with E-state index in [1.165, 1.54) is 0 Å². The summed E-state index contributed by atoms with van der Waals surface area (Å²) < 4.78 is 12.2. The summed E-state index contributed by atoms with van der Waals surface area (Å²) in [6.45, 7) is 2.27. The van der Waals surface area contributed by atoms with Gasteiger partial charge in [0.05, 0.1) is 11.0 Å². The molecule has 47 heavy (non-hydrogen) atoms. The molecule has 6 aliphatic rings. The number of hydrogen-bond acceptors (Lipinski definition) is 7. The van der Waals surface area contributed by atoms with Gasteiger partial charge in [0, 0.05) is 30.3 Å². The van der Waals surface area contributed by atoms with Gasteiger partial charge in [0.2, 0.25) is 0 Å². The Hall–Kier alpha value is -3.94. The predicted molar refractivity (Wildman–Crippen MR) is 178 cm³/mol. The van der Waals surface area contributed by atoms with Gasteiger partial charge < -0.3 is 24.8 Å². The van der Waals surface area contributed by atoms with E-state index in [1.807, 2.05) is 42.5 Å². The fourth-order valence-corrected chi connectivity index (χ4v) is 9.26. The fourth-order valence-electron chi connectivity index (χ4n) is 9.26. The minimum Gasteiger partial charge on any atom is -0.508 e. The third-order valence-corrected chi connectivity index (χ3v) is 11.3. The minimum atomic E-state index is -0.784. The Labute approximate surface area is 276 Å². The maximum absolute atomic E-state index is 14.1. The highest BCUT2D eigenvalue weighted by molar-refractivity contribution is 6.07. The molecule has 2 aliphatic heterocycles. The molecule has 2 aromatic carbocycles. The first-order valence-corrected chi connectivity index (χ1v) is 17.4. The molecule has 0 aromatic heterocycles. The number of rotatable bonds is 11. The SMILES string of the molecule is CCCC=C1OC(=O)C2=C(c3cc(O)ccc3-c3ccccc3)[C@@H]3CC[C@]12[C@H]1C2=C(CC[C@H]31)C(=CC[C@H](CO)CCCCO)OC2=O. The molecule has 2 fully saturated rings. The van der Waals surface area contributed by atoms with Gasteiger partial charge in [-0.15, -0.1) is 0 Å². The molecule has 1 spiro atoms. The first kappa shape index (κ1) is 31.6. The lowest BCUT2D eigenvalue weighted by Gasteiger charge is -2.56. The number of unbranched alkanes of at least 4 members (excludes halogenated alkanes) is 2. The molecule has 0 amide bonds. The summed E-state index contributed by atoms with van der Waals surface area (Å²) >= 11 is 0. The van der Waals surface area contributed by atoms with Gasteiger partial charge in [0.15, 0.2) is 0 Å². The van der Waals surface area contributed by atoms with Gasteiger partial charge in [-0.05, 0) is 116 Å². The van der Waals surface area contributed by atoms with Crippen molar-refractivity contribution in [2.75, 3.05) is 13.2 Å². The van der Waals surface area contributed by atoms with Gasteiger partial charge in [-0.3, -0.25) is 0 Å². The minimum absolute atomic E-state index is 0.0133. The van der Waals surface area contributed by atoms with E-state index in [-0.39, 0.29) is 54.6 Å². The lowest BCUT2D eigenvalue weighted by molar-refractivity contribution is -0.135. The van der Waals surface area contributed by atoms with E-state index in [9.17, 15) is 24.9 Å². The number of ether oxygens (including phenoxy) is 2. The number of phenols is 1. The Balaban J connectivity index is 1.38. The van der Waals surface area contributed by atoms with Crippen molar-refractivity contribution in [3.63, 3.8) is 0 Å². The standard InChI is InChI=1S/C40H44O7/c1-2-3-12-33-40-20-19-28(34(37(40)39(45)47-33)31-22-26(43)14-15-27(31)25-10-5-4-6-11-25)29-16-17-30-32(46-38(44)35(30)36(29)40)18-13-24(23-42)9-7-8-21-41/h4-6,10-12,14-15,18,22,24,28-29,36,41-43H,2-3,7-9,13,16-17,19-21,23H2,1H3/t24-,28-,29-,36-,40-/m1/s1. The van der Waals surface area contributed by atoms with Crippen molar-refractivity contribution in [2.24, 2.45) is 29.1 Å². The highest BCUT2D eigenvalue weighted by Gasteiger charge is 2.68. The molecule has 246 valence electrons. The second kappa shape index (κ2) is 12.9. The van der Waals surface area contributed by atoms with Crippen LogP contribution in [0, 0.1) is 29.1 Å². The van der Waals surface area contributed by atoms with Crippen molar-refractivity contribution >= 4 is 17.5 Å². The van der Waals surface area contributed by atoms with Crippen molar-refractivity contribution in [1.29, 1.82) is 0 Å². The Morgan fingerprint density at radius 3 is 2.55 bits per heavy atom. The van der Waals surface area contributed by atoms with Crippen LogP contribution in [0.15, 0.2) is 88.9 Å². The highest BCUT2D eigenvalue weighted by atomic mass is 16.5. The number of phenolic OH excluding ortho intramolecular Hbond substituents is 1. The van der Waals surface area contributed by atoms with Crippen molar-refractivity contribution in [1.82, 2.24) is 0 Å². The number of hydrogen-bond donors (Lipinski definition) is 3. The number of aromatic hydroxyl groups is 1. The van der Waals surface area contributed by atoms with E-state index in [2.05, 4.69) is 13.0 Å². The molecular weight excluding hydrogens is 592 g/mol. The van der Waals surface area contributed by atoms with E-state index < -0.39 is 5.41 Å². The van der Waals surface area contributed by atoms with Gasteiger partial charge in [-0.1, -0.05) is 56.2 Å². The van der Waals surface area contributed by atoms with E-state index >= 15 is 0 Å². The molecule has 8 rings (SSSR count). The quantitative estimate of drug-likeness (QED) is 0.174. The highest BCUT2D eigenvalue weighted by Crippen LogP contribution is 2.72. The van der Waals surface area contributed by atoms with Crippen molar-refractivity contribution in [3.05, 3.63) is 94.5 Å². The summed E-state index contributed by atoms with van der Waals surface area (Å²) in [5.74, 6) is 0.617. The van der Waals surface area contributed by atoms with Gasteiger partial charge >= 0.3 is 11.9 Å². The molecule has 2 heterocycles. The smallest absolute Gasteiger partial charge is 0.340 e. The topological polar surface area (TPSA) is 113 Å².